The van der Waals surface area contributed by atoms with E-state index in [0.29, 0.717) is 0 Å². The van der Waals surface area contributed by atoms with Gasteiger partial charge in [-0.15, -0.1) is 0 Å². The van der Waals surface area contributed by atoms with Crippen LogP contribution in [0.25, 0.3) is 0 Å². The van der Waals surface area contributed by atoms with Gasteiger partial charge in [0.2, 0.25) is 0 Å². The first-order valence-corrected chi connectivity index (χ1v) is 6.68. The summed E-state index contributed by atoms with van der Waals surface area (Å²) in [5, 5.41) is 10.5. The van der Waals surface area contributed by atoms with Crippen molar-refractivity contribution in [3.63, 3.8) is 0 Å². The second-order valence-corrected chi connectivity index (χ2v) is 4.52. The zero-order valence-corrected chi connectivity index (χ0v) is 12.2. The average Bonchev–Trinajstić information content (AvgIpc) is 2.58. The van der Waals surface area contributed by atoms with Gasteiger partial charge in [0.25, 0.3) is 17.5 Å². The maximum atomic E-state index is 13.4. The van der Waals surface area contributed by atoms with Crippen molar-refractivity contribution in [1.82, 2.24) is 10.9 Å². The normalized spacial score (nSPS) is 9.88. The van der Waals surface area contributed by atoms with E-state index in [0.717, 1.165) is 6.07 Å². The highest BCUT2D eigenvalue weighted by Gasteiger charge is 2.12. The number of nitro benzene ring substituents is 1. The molecular formula is C15H12FN3O5. The molecule has 0 aliphatic carbocycles. The number of benzene rings is 2. The van der Waals surface area contributed by atoms with Gasteiger partial charge in [-0.25, -0.2) is 4.39 Å². The summed E-state index contributed by atoms with van der Waals surface area (Å²) in [7, 11) is 0. The number of nitrogens with zero attached hydrogens (tertiary/aromatic N) is 1. The summed E-state index contributed by atoms with van der Waals surface area (Å²) in [5.74, 6) is -1.96. The molecule has 0 aliphatic rings. The van der Waals surface area contributed by atoms with Gasteiger partial charge in [0.15, 0.2) is 6.61 Å². The van der Waals surface area contributed by atoms with Crippen LogP contribution in [-0.2, 0) is 4.79 Å². The third kappa shape index (κ3) is 4.50. The van der Waals surface area contributed by atoms with Crippen molar-refractivity contribution in [3.8, 4) is 5.75 Å². The SMILES string of the molecule is O=C(COc1ccc([N+](=O)[O-])cc1)NNC(=O)c1ccccc1F. The predicted molar refractivity (Wildman–Crippen MR) is 80.6 cm³/mol. The van der Waals surface area contributed by atoms with Crippen LogP contribution in [0.4, 0.5) is 10.1 Å². The minimum absolute atomic E-state index is 0.107. The van der Waals surface area contributed by atoms with E-state index in [1.54, 1.807) is 0 Å². The summed E-state index contributed by atoms with van der Waals surface area (Å²) in [6, 6.07) is 10.4. The van der Waals surface area contributed by atoms with Crippen LogP contribution in [0.2, 0.25) is 0 Å². The first kappa shape index (κ1) is 16.9. The van der Waals surface area contributed by atoms with Crippen molar-refractivity contribution in [2.45, 2.75) is 0 Å². The van der Waals surface area contributed by atoms with Crippen molar-refractivity contribution in [2.24, 2.45) is 0 Å². The van der Waals surface area contributed by atoms with E-state index in [4.69, 9.17) is 4.74 Å². The molecule has 0 saturated heterocycles. The number of hydrogen-bond donors (Lipinski definition) is 2. The molecule has 2 amide bonds. The smallest absolute Gasteiger partial charge is 0.276 e. The van der Waals surface area contributed by atoms with Gasteiger partial charge in [-0.3, -0.25) is 30.6 Å². The summed E-state index contributed by atoms with van der Waals surface area (Å²) >= 11 is 0. The van der Waals surface area contributed by atoms with Gasteiger partial charge in [-0.1, -0.05) is 12.1 Å². The van der Waals surface area contributed by atoms with Gasteiger partial charge < -0.3 is 4.74 Å². The highest BCUT2D eigenvalue weighted by molar-refractivity contribution is 5.95. The lowest BCUT2D eigenvalue weighted by atomic mass is 10.2. The van der Waals surface area contributed by atoms with Gasteiger partial charge in [-0.05, 0) is 24.3 Å². The lowest BCUT2D eigenvalue weighted by Gasteiger charge is -2.09. The van der Waals surface area contributed by atoms with Crippen LogP contribution in [-0.4, -0.2) is 23.3 Å². The Morgan fingerprint density at radius 1 is 1.08 bits per heavy atom. The Labute approximate surface area is 135 Å². The van der Waals surface area contributed by atoms with Crippen LogP contribution < -0.4 is 15.6 Å². The van der Waals surface area contributed by atoms with Crippen LogP contribution in [0.3, 0.4) is 0 Å². The van der Waals surface area contributed by atoms with Crippen molar-refractivity contribution >= 4 is 17.5 Å². The molecule has 2 N–H and O–H groups in total. The lowest BCUT2D eigenvalue weighted by molar-refractivity contribution is -0.384. The standard InChI is InChI=1S/C15H12FN3O5/c16-13-4-2-1-3-12(13)15(21)18-17-14(20)9-24-11-7-5-10(6-8-11)19(22)23/h1-8H,9H2,(H,17,20)(H,18,21). The molecule has 0 spiro atoms. The monoisotopic (exact) mass is 333 g/mol. The summed E-state index contributed by atoms with van der Waals surface area (Å²) in [6.45, 7) is -0.435. The highest BCUT2D eigenvalue weighted by atomic mass is 19.1. The molecule has 24 heavy (non-hydrogen) atoms. The predicted octanol–water partition coefficient (Wildman–Crippen LogP) is 1.57. The number of ether oxygens (including phenoxy) is 1. The molecule has 9 heteroatoms. The van der Waals surface area contributed by atoms with Gasteiger partial charge in [-0.2, -0.15) is 0 Å². The molecule has 2 aromatic carbocycles. The molecule has 0 atom stereocenters. The van der Waals surface area contributed by atoms with E-state index >= 15 is 0 Å². The number of non-ortho nitro benzene ring substituents is 1. The third-order valence-corrected chi connectivity index (χ3v) is 2.85. The Kier molecular flexibility index (Phi) is 5.40. The maximum Gasteiger partial charge on any atom is 0.276 e. The van der Waals surface area contributed by atoms with E-state index in [1.807, 2.05) is 0 Å². The number of carbonyl (C=O) groups is 2. The number of amides is 2. The number of rotatable bonds is 5. The molecule has 2 rings (SSSR count). The average molecular weight is 333 g/mol. The first-order valence-electron chi connectivity index (χ1n) is 6.68. The van der Waals surface area contributed by atoms with Crippen molar-refractivity contribution in [1.29, 1.82) is 0 Å². The summed E-state index contributed by atoms with van der Waals surface area (Å²) in [4.78, 5) is 33.2. The first-order chi connectivity index (χ1) is 11.5. The fourth-order valence-corrected chi connectivity index (χ4v) is 1.69. The summed E-state index contributed by atoms with van der Waals surface area (Å²) < 4.78 is 18.5. The third-order valence-electron chi connectivity index (χ3n) is 2.85. The molecule has 0 aliphatic heterocycles. The summed E-state index contributed by atoms with van der Waals surface area (Å²) in [5.41, 5.74) is 3.80. The number of halogens is 1. The number of nitrogens with one attached hydrogen (secondary N) is 2. The van der Waals surface area contributed by atoms with Crippen molar-refractivity contribution in [2.75, 3.05) is 6.61 Å². The van der Waals surface area contributed by atoms with Crippen molar-refractivity contribution in [3.05, 3.63) is 70.0 Å². The topological polar surface area (TPSA) is 111 Å². The van der Waals surface area contributed by atoms with Crippen LogP contribution in [0.5, 0.6) is 5.75 Å². The van der Waals surface area contributed by atoms with Gasteiger partial charge in [0, 0.05) is 12.1 Å². The molecule has 8 nitrogen and oxygen atoms in total. The highest BCUT2D eigenvalue weighted by Crippen LogP contribution is 2.17. The van der Waals surface area contributed by atoms with Crippen LogP contribution >= 0.6 is 0 Å². The Hall–Kier alpha value is -3.49. The fourth-order valence-electron chi connectivity index (χ4n) is 1.69. The van der Waals surface area contributed by atoms with Crippen molar-refractivity contribution < 1.29 is 23.6 Å². The molecule has 0 radical (unpaired) electrons. The second-order valence-electron chi connectivity index (χ2n) is 4.52. The largest absolute Gasteiger partial charge is 0.484 e. The quantitative estimate of drug-likeness (QED) is 0.637. The molecule has 0 saturated carbocycles. The molecular weight excluding hydrogens is 321 g/mol. The number of carbonyl (C=O) groups excluding carboxylic acids is 2. The van der Waals surface area contributed by atoms with Crippen LogP contribution in [0.1, 0.15) is 10.4 Å². The fraction of sp³-hybridized carbons (Fsp3) is 0.0667. The molecule has 124 valence electrons. The molecule has 0 aromatic heterocycles. The number of hydrazine groups is 1. The number of hydrogen-bond acceptors (Lipinski definition) is 5. The molecule has 0 heterocycles. The minimum Gasteiger partial charge on any atom is -0.484 e. The van der Waals surface area contributed by atoms with E-state index in [-0.39, 0.29) is 17.0 Å². The Balaban J connectivity index is 1.80. The number of nitro groups is 1. The Bertz CT molecular complexity index is 764. The maximum absolute atomic E-state index is 13.4. The molecule has 0 unspecified atom stereocenters. The Morgan fingerprint density at radius 3 is 2.38 bits per heavy atom. The van der Waals surface area contributed by atoms with E-state index < -0.39 is 29.2 Å². The molecule has 2 aromatic rings. The van der Waals surface area contributed by atoms with E-state index in [1.165, 1.54) is 42.5 Å². The molecule has 0 fully saturated rings. The lowest BCUT2D eigenvalue weighted by Crippen LogP contribution is -2.44. The van der Waals surface area contributed by atoms with E-state index in [9.17, 15) is 24.1 Å². The zero-order chi connectivity index (χ0) is 17.5. The second kappa shape index (κ2) is 7.68. The van der Waals surface area contributed by atoms with Gasteiger partial charge >= 0.3 is 0 Å². The minimum atomic E-state index is -0.809. The Morgan fingerprint density at radius 2 is 1.75 bits per heavy atom. The summed E-state index contributed by atoms with van der Waals surface area (Å²) in [6.07, 6.45) is 0. The molecule has 0 bridgehead atoms. The van der Waals surface area contributed by atoms with Gasteiger partial charge in [0.1, 0.15) is 11.6 Å². The van der Waals surface area contributed by atoms with Crippen LogP contribution in [0.15, 0.2) is 48.5 Å². The van der Waals surface area contributed by atoms with E-state index in [2.05, 4.69) is 10.9 Å². The zero-order valence-electron chi connectivity index (χ0n) is 12.2. The van der Waals surface area contributed by atoms with Crippen LogP contribution in [0, 0.1) is 15.9 Å². The van der Waals surface area contributed by atoms with Gasteiger partial charge in [0.05, 0.1) is 10.5 Å².